The van der Waals surface area contributed by atoms with Gasteiger partial charge < -0.3 is 10.2 Å². The highest BCUT2D eigenvalue weighted by atomic mass is 16.6. The molecule has 1 aromatic heterocycles. The fourth-order valence-corrected chi connectivity index (χ4v) is 2.93. The highest BCUT2D eigenvalue weighted by Crippen LogP contribution is 2.34. The van der Waals surface area contributed by atoms with E-state index in [-0.39, 0.29) is 16.8 Å². The summed E-state index contributed by atoms with van der Waals surface area (Å²) in [5, 5.41) is 35.0. The summed E-state index contributed by atoms with van der Waals surface area (Å²) in [4.78, 5) is 22.1. The van der Waals surface area contributed by atoms with E-state index in [1.165, 1.54) is 6.07 Å². The summed E-state index contributed by atoms with van der Waals surface area (Å²) in [6, 6.07) is 11.1. The lowest BCUT2D eigenvalue weighted by atomic mass is 10.0. The Morgan fingerprint density at radius 2 is 1.89 bits per heavy atom. The Kier molecular flexibility index (Phi) is 4.64. The van der Waals surface area contributed by atoms with Gasteiger partial charge in [0.15, 0.2) is 5.75 Å². The summed E-state index contributed by atoms with van der Waals surface area (Å²) in [7, 11) is 0. The fourth-order valence-electron chi connectivity index (χ4n) is 2.93. The minimum atomic E-state index is -1.15. The van der Waals surface area contributed by atoms with Gasteiger partial charge in [-0.2, -0.15) is 5.10 Å². The smallest absolute Gasteiger partial charge is 0.339 e. The molecule has 0 radical (unpaired) electrons. The molecular weight excluding hydrogens is 350 g/mol. The van der Waals surface area contributed by atoms with Crippen LogP contribution in [0.3, 0.4) is 0 Å². The van der Waals surface area contributed by atoms with Crippen LogP contribution in [-0.4, -0.2) is 30.9 Å². The number of carbonyl (C=O) groups is 1. The third-order valence-corrected chi connectivity index (χ3v) is 4.25. The van der Waals surface area contributed by atoms with E-state index in [2.05, 4.69) is 5.10 Å². The average Bonchev–Trinajstić information content (AvgIpc) is 3.01. The number of rotatable bonds is 5. The third-order valence-electron chi connectivity index (χ3n) is 4.25. The second-order valence-electron chi connectivity index (χ2n) is 6.04. The number of nitrogens with zero attached hydrogens (tertiary/aromatic N) is 3. The van der Waals surface area contributed by atoms with Crippen molar-refractivity contribution in [2.45, 2.75) is 20.3 Å². The molecule has 2 N–H and O–H groups in total. The predicted octanol–water partition coefficient (Wildman–Crippen LogP) is 3.72. The Hall–Kier alpha value is -3.68. The van der Waals surface area contributed by atoms with E-state index in [1.807, 2.05) is 38.1 Å². The molecule has 0 atom stereocenters. The predicted molar refractivity (Wildman–Crippen MR) is 98.4 cm³/mol. The normalized spacial score (nSPS) is 10.7. The van der Waals surface area contributed by atoms with Gasteiger partial charge in [-0.25, -0.2) is 9.48 Å². The Bertz CT molecular complexity index is 1040. The topological polar surface area (TPSA) is 118 Å². The number of aromatic carboxylic acids is 1. The summed E-state index contributed by atoms with van der Waals surface area (Å²) < 4.78 is 1.55. The standard InChI is InChI=1S/C19H17N3O5/c1-3-14-17(19(24)25)18(12-6-9-15(22(26)27)16(23)10-12)20-21(14)13-7-4-11(2)5-8-13/h4-10,23H,3H2,1-2H3,(H,24,25). The first-order valence-corrected chi connectivity index (χ1v) is 8.23. The van der Waals surface area contributed by atoms with Gasteiger partial charge in [-0.3, -0.25) is 10.1 Å². The molecule has 1 heterocycles. The van der Waals surface area contributed by atoms with Crippen LogP contribution in [0.2, 0.25) is 0 Å². The molecule has 27 heavy (non-hydrogen) atoms. The first-order chi connectivity index (χ1) is 12.8. The molecular formula is C19H17N3O5. The van der Waals surface area contributed by atoms with E-state index >= 15 is 0 Å². The SMILES string of the molecule is CCc1c(C(=O)O)c(-c2ccc([N+](=O)[O-])c(O)c2)nn1-c1ccc(C)cc1. The van der Waals surface area contributed by atoms with Crippen LogP contribution in [0.15, 0.2) is 42.5 Å². The van der Waals surface area contributed by atoms with Crippen LogP contribution in [0.1, 0.15) is 28.5 Å². The number of phenols is 1. The molecule has 138 valence electrons. The number of phenolic OH excluding ortho intramolecular Hbond substituents is 1. The molecule has 0 saturated heterocycles. The van der Waals surface area contributed by atoms with E-state index in [4.69, 9.17) is 0 Å². The highest BCUT2D eigenvalue weighted by molar-refractivity contribution is 5.96. The number of aryl methyl sites for hydroxylation is 1. The molecule has 0 saturated carbocycles. The first kappa shape index (κ1) is 18.1. The minimum Gasteiger partial charge on any atom is -0.502 e. The van der Waals surface area contributed by atoms with Crippen LogP contribution in [0.4, 0.5) is 5.69 Å². The summed E-state index contributed by atoms with van der Waals surface area (Å²) in [5.41, 5.74) is 2.25. The molecule has 3 rings (SSSR count). The van der Waals surface area contributed by atoms with Gasteiger partial charge in [-0.05, 0) is 37.6 Å². The molecule has 2 aromatic carbocycles. The van der Waals surface area contributed by atoms with Gasteiger partial charge in [0.05, 0.1) is 16.3 Å². The van der Waals surface area contributed by atoms with Crippen LogP contribution in [-0.2, 0) is 6.42 Å². The molecule has 0 aliphatic heterocycles. The first-order valence-electron chi connectivity index (χ1n) is 8.23. The maximum atomic E-state index is 11.9. The lowest BCUT2D eigenvalue weighted by molar-refractivity contribution is -0.385. The molecule has 0 aliphatic carbocycles. The number of carboxylic acids is 1. The van der Waals surface area contributed by atoms with E-state index in [0.29, 0.717) is 17.8 Å². The van der Waals surface area contributed by atoms with Crippen molar-refractivity contribution in [3.05, 3.63) is 69.4 Å². The number of hydrogen-bond acceptors (Lipinski definition) is 5. The third kappa shape index (κ3) is 3.24. The lowest BCUT2D eigenvalue weighted by Gasteiger charge is -2.06. The van der Waals surface area contributed by atoms with Crippen molar-refractivity contribution in [1.82, 2.24) is 9.78 Å². The number of benzene rings is 2. The molecule has 8 heteroatoms. The van der Waals surface area contributed by atoms with Gasteiger partial charge in [0, 0.05) is 11.6 Å². The van der Waals surface area contributed by atoms with Crippen LogP contribution < -0.4 is 0 Å². The molecule has 0 bridgehead atoms. The number of aromatic hydroxyl groups is 1. The Morgan fingerprint density at radius 1 is 1.22 bits per heavy atom. The van der Waals surface area contributed by atoms with Crippen molar-refractivity contribution in [1.29, 1.82) is 0 Å². The van der Waals surface area contributed by atoms with E-state index < -0.39 is 22.3 Å². The second kappa shape index (κ2) is 6.91. The Balaban J connectivity index is 2.24. The van der Waals surface area contributed by atoms with E-state index in [9.17, 15) is 25.1 Å². The summed E-state index contributed by atoms with van der Waals surface area (Å²) >= 11 is 0. The second-order valence-corrected chi connectivity index (χ2v) is 6.04. The van der Waals surface area contributed by atoms with Crippen molar-refractivity contribution in [2.75, 3.05) is 0 Å². The van der Waals surface area contributed by atoms with Gasteiger partial charge in [-0.15, -0.1) is 0 Å². The van der Waals surface area contributed by atoms with E-state index in [0.717, 1.165) is 17.7 Å². The van der Waals surface area contributed by atoms with Gasteiger partial charge in [0.1, 0.15) is 11.3 Å². The quantitative estimate of drug-likeness (QED) is 0.524. The minimum absolute atomic E-state index is 0.00586. The van der Waals surface area contributed by atoms with Gasteiger partial charge >= 0.3 is 11.7 Å². The number of carboxylic acid groups (broad SMARTS) is 1. The zero-order valence-electron chi connectivity index (χ0n) is 14.7. The molecule has 0 amide bonds. The largest absolute Gasteiger partial charge is 0.502 e. The van der Waals surface area contributed by atoms with Crippen molar-refractivity contribution >= 4 is 11.7 Å². The average molecular weight is 367 g/mol. The van der Waals surface area contributed by atoms with Gasteiger partial charge in [-0.1, -0.05) is 24.6 Å². The summed E-state index contributed by atoms with van der Waals surface area (Å²) in [6.45, 7) is 3.77. The molecule has 0 unspecified atom stereocenters. The van der Waals surface area contributed by atoms with Crippen molar-refractivity contribution in [2.24, 2.45) is 0 Å². The Morgan fingerprint density at radius 3 is 2.41 bits per heavy atom. The molecule has 8 nitrogen and oxygen atoms in total. The lowest BCUT2D eigenvalue weighted by Crippen LogP contribution is -2.05. The molecule has 0 fully saturated rings. The van der Waals surface area contributed by atoms with Gasteiger partial charge in [0.25, 0.3) is 0 Å². The fraction of sp³-hybridized carbons (Fsp3) is 0.158. The van der Waals surface area contributed by atoms with Crippen LogP contribution in [0.25, 0.3) is 16.9 Å². The molecule has 0 spiro atoms. The zero-order chi connectivity index (χ0) is 19.7. The Labute approximate surface area is 154 Å². The summed E-state index contributed by atoms with van der Waals surface area (Å²) in [5.74, 6) is -1.70. The van der Waals surface area contributed by atoms with E-state index in [1.54, 1.807) is 4.68 Å². The van der Waals surface area contributed by atoms with Crippen molar-refractivity contribution < 1.29 is 19.9 Å². The van der Waals surface area contributed by atoms with Crippen LogP contribution in [0.5, 0.6) is 5.75 Å². The number of aromatic nitrogens is 2. The maximum Gasteiger partial charge on any atom is 0.339 e. The monoisotopic (exact) mass is 367 g/mol. The number of nitro benzene ring substituents is 1. The highest BCUT2D eigenvalue weighted by Gasteiger charge is 2.25. The number of hydrogen-bond donors (Lipinski definition) is 2. The molecule has 0 aliphatic rings. The van der Waals surface area contributed by atoms with Crippen LogP contribution in [0, 0.1) is 17.0 Å². The van der Waals surface area contributed by atoms with Crippen molar-refractivity contribution in [3.63, 3.8) is 0 Å². The number of nitro groups is 1. The van der Waals surface area contributed by atoms with Gasteiger partial charge in [0.2, 0.25) is 0 Å². The van der Waals surface area contributed by atoms with Crippen LogP contribution >= 0.6 is 0 Å². The maximum absolute atomic E-state index is 11.9. The zero-order valence-corrected chi connectivity index (χ0v) is 14.7. The van der Waals surface area contributed by atoms with Crippen molar-refractivity contribution in [3.8, 4) is 22.7 Å². The molecule has 3 aromatic rings. The summed E-state index contributed by atoms with van der Waals surface area (Å²) in [6.07, 6.45) is 0.418.